The van der Waals surface area contributed by atoms with Gasteiger partial charge in [-0.05, 0) is 57.9 Å². The minimum absolute atomic E-state index is 0.184. The summed E-state index contributed by atoms with van der Waals surface area (Å²) in [7, 11) is 0. The molecule has 1 aromatic heterocycles. The molecule has 2 heterocycles. The Balaban J connectivity index is 1.59. The summed E-state index contributed by atoms with van der Waals surface area (Å²) in [5.41, 5.74) is 1.38. The molecule has 0 spiro atoms. The summed E-state index contributed by atoms with van der Waals surface area (Å²) in [6.45, 7) is 6.75. The number of carbonyl (C=O) groups excluding carboxylic acids is 1. The van der Waals surface area contributed by atoms with E-state index in [2.05, 4.69) is 4.98 Å². The third kappa shape index (κ3) is 4.99. The van der Waals surface area contributed by atoms with Gasteiger partial charge in [0.25, 0.3) is 6.01 Å². The van der Waals surface area contributed by atoms with Crippen molar-refractivity contribution in [3.8, 4) is 6.01 Å². The molecule has 0 bridgehead atoms. The molecule has 0 N–H and O–H groups in total. The lowest BCUT2D eigenvalue weighted by Gasteiger charge is -2.34. The van der Waals surface area contributed by atoms with Gasteiger partial charge >= 0.3 is 6.09 Å². The number of amides is 1. The predicted molar refractivity (Wildman–Crippen MR) is 122 cm³/mol. The number of fused-ring (bicyclic) bond motifs is 1. The second kappa shape index (κ2) is 8.98. The molecule has 1 aliphatic heterocycles. The Morgan fingerprint density at radius 1 is 1.22 bits per heavy atom. The topological polar surface area (TPSA) is 56.6 Å². The first-order valence-electron chi connectivity index (χ1n) is 10.7. The Bertz CT molecular complexity index is 1110. The van der Waals surface area contributed by atoms with E-state index in [9.17, 15) is 9.18 Å². The van der Waals surface area contributed by atoms with Crippen LogP contribution in [-0.2, 0) is 11.3 Å². The standard InChI is InChI=1S/C24H27ClFN3O3/c1-24(2,3)32-23(30)28-13-7-8-16(14-28)31-22-27-20-11-4-5-12-21(20)29(22)15-17-18(25)9-6-10-19(17)26/h4-6,9-12,16H,7-8,13-15H2,1-3H3/t16-/m1/s1. The number of hydrogen-bond donors (Lipinski definition) is 0. The predicted octanol–water partition coefficient (Wildman–Crippen LogP) is 5.66. The van der Waals surface area contributed by atoms with Crippen LogP contribution < -0.4 is 4.74 Å². The van der Waals surface area contributed by atoms with Crippen LogP contribution in [0.25, 0.3) is 11.0 Å². The highest BCUT2D eigenvalue weighted by molar-refractivity contribution is 6.31. The third-order valence-electron chi connectivity index (χ3n) is 5.30. The fraction of sp³-hybridized carbons (Fsp3) is 0.417. The second-order valence-electron chi connectivity index (χ2n) is 8.98. The molecule has 0 radical (unpaired) electrons. The highest BCUT2D eigenvalue weighted by Gasteiger charge is 2.29. The van der Waals surface area contributed by atoms with Crippen molar-refractivity contribution in [2.75, 3.05) is 13.1 Å². The molecule has 0 aliphatic carbocycles. The average Bonchev–Trinajstić information content (AvgIpc) is 3.06. The Morgan fingerprint density at radius 2 is 2.00 bits per heavy atom. The van der Waals surface area contributed by atoms with E-state index in [1.807, 2.05) is 49.6 Å². The number of nitrogens with zero attached hydrogens (tertiary/aromatic N) is 3. The number of hydrogen-bond acceptors (Lipinski definition) is 4. The first-order chi connectivity index (χ1) is 15.2. The molecule has 0 saturated carbocycles. The van der Waals surface area contributed by atoms with Crippen molar-refractivity contribution in [1.82, 2.24) is 14.5 Å². The van der Waals surface area contributed by atoms with Crippen LogP contribution in [0, 0.1) is 5.82 Å². The number of ether oxygens (including phenoxy) is 2. The maximum absolute atomic E-state index is 14.5. The molecule has 8 heteroatoms. The lowest BCUT2D eigenvalue weighted by atomic mass is 10.1. The van der Waals surface area contributed by atoms with Gasteiger partial charge < -0.3 is 14.4 Å². The molecule has 1 aliphatic rings. The summed E-state index contributed by atoms with van der Waals surface area (Å²) in [6, 6.07) is 12.6. The first-order valence-corrected chi connectivity index (χ1v) is 11.1. The molecule has 170 valence electrons. The molecule has 1 amide bonds. The van der Waals surface area contributed by atoms with Gasteiger partial charge in [-0.1, -0.05) is 29.8 Å². The van der Waals surface area contributed by atoms with Gasteiger partial charge in [-0.2, -0.15) is 4.98 Å². The van der Waals surface area contributed by atoms with E-state index in [4.69, 9.17) is 21.1 Å². The van der Waals surface area contributed by atoms with Crippen LogP contribution in [0.2, 0.25) is 5.02 Å². The summed E-state index contributed by atoms with van der Waals surface area (Å²) in [4.78, 5) is 18.8. The lowest BCUT2D eigenvalue weighted by molar-refractivity contribution is 0.00625. The molecule has 3 aromatic rings. The van der Waals surface area contributed by atoms with Crippen molar-refractivity contribution in [1.29, 1.82) is 0 Å². The molecule has 1 atom stereocenters. The summed E-state index contributed by atoms with van der Waals surface area (Å²) in [6.07, 6.45) is 0.979. The van der Waals surface area contributed by atoms with Crippen molar-refractivity contribution in [3.63, 3.8) is 0 Å². The van der Waals surface area contributed by atoms with Crippen LogP contribution in [0.5, 0.6) is 6.01 Å². The summed E-state index contributed by atoms with van der Waals surface area (Å²) in [5, 5.41) is 0.350. The normalized spacial score (nSPS) is 16.9. The van der Waals surface area contributed by atoms with E-state index < -0.39 is 5.60 Å². The van der Waals surface area contributed by atoms with E-state index in [0.717, 1.165) is 23.9 Å². The summed E-state index contributed by atoms with van der Waals surface area (Å²) >= 11 is 6.28. The lowest BCUT2D eigenvalue weighted by Crippen LogP contribution is -2.46. The van der Waals surface area contributed by atoms with E-state index >= 15 is 0 Å². The largest absolute Gasteiger partial charge is 0.459 e. The number of imidazole rings is 1. The molecular formula is C24H27ClFN3O3. The molecule has 0 unspecified atom stereocenters. The van der Waals surface area contributed by atoms with Gasteiger partial charge in [-0.25, -0.2) is 9.18 Å². The maximum Gasteiger partial charge on any atom is 0.410 e. The molecule has 1 fully saturated rings. The molecular weight excluding hydrogens is 433 g/mol. The van der Waals surface area contributed by atoms with Crippen LogP contribution in [0.1, 0.15) is 39.2 Å². The smallest absolute Gasteiger partial charge is 0.410 e. The minimum atomic E-state index is -0.558. The van der Waals surface area contributed by atoms with Gasteiger partial charge in [-0.15, -0.1) is 0 Å². The number of rotatable bonds is 4. The Morgan fingerprint density at radius 3 is 2.75 bits per heavy atom. The zero-order valence-electron chi connectivity index (χ0n) is 18.5. The van der Waals surface area contributed by atoms with Gasteiger partial charge in [0.2, 0.25) is 0 Å². The van der Waals surface area contributed by atoms with Gasteiger partial charge in [0.1, 0.15) is 17.5 Å². The quantitative estimate of drug-likeness (QED) is 0.505. The molecule has 4 rings (SSSR count). The number of piperidine rings is 1. The van der Waals surface area contributed by atoms with E-state index in [-0.39, 0.29) is 24.6 Å². The van der Waals surface area contributed by atoms with Gasteiger partial charge in [0.05, 0.1) is 24.1 Å². The second-order valence-corrected chi connectivity index (χ2v) is 9.39. The van der Waals surface area contributed by atoms with Crippen molar-refractivity contribution >= 4 is 28.7 Å². The molecule has 2 aromatic carbocycles. The minimum Gasteiger partial charge on any atom is -0.459 e. The number of benzene rings is 2. The van der Waals surface area contributed by atoms with Crippen molar-refractivity contribution in [2.24, 2.45) is 0 Å². The summed E-state index contributed by atoms with van der Waals surface area (Å²) < 4.78 is 28.1. The van der Waals surface area contributed by atoms with Crippen LogP contribution in [0.3, 0.4) is 0 Å². The fourth-order valence-corrected chi connectivity index (χ4v) is 4.04. The number of para-hydroxylation sites is 2. The third-order valence-corrected chi connectivity index (χ3v) is 5.65. The van der Waals surface area contributed by atoms with Crippen LogP contribution in [0.15, 0.2) is 42.5 Å². The van der Waals surface area contributed by atoms with Crippen molar-refractivity contribution in [3.05, 3.63) is 58.9 Å². The van der Waals surface area contributed by atoms with Gasteiger partial charge in [0.15, 0.2) is 0 Å². The fourth-order valence-electron chi connectivity index (χ4n) is 3.81. The summed E-state index contributed by atoms with van der Waals surface area (Å²) in [5.74, 6) is -0.380. The number of aromatic nitrogens is 2. The van der Waals surface area contributed by atoms with Gasteiger partial charge in [0, 0.05) is 17.1 Å². The van der Waals surface area contributed by atoms with E-state index in [1.165, 1.54) is 6.07 Å². The van der Waals surface area contributed by atoms with E-state index in [1.54, 1.807) is 17.0 Å². The Kier molecular flexibility index (Phi) is 6.29. The first kappa shape index (κ1) is 22.4. The van der Waals surface area contributed by atoms with Crippen molar-refractivity contribution in [2.45, 2.75) is 51.9 Å². The van der Waals surface area contributed by atoms with Crippen LogP contribution in [0.4, 0.5) is 9.18 Å². The van der Waals surface area contributed by atoms with Gasteiger partial charge in [-0.3, -0.25) is 4.57 Å². The zero-order valence-corrected chi connectivity index (χ0v) is 19.2. The Hall–Kier alpha value is -2.80. The monoisotopic (exact) mass is 459 g/mol. The van der Waals surface area contributed by atoms with Crippen molar-refractivity contribution < 1.29 is 18.7 Å². The molecule has 32 heavy (non-hydrogen) atoms. The number of carbonyl (C=O) groups is 1. The van der Waals surface area contributed by atoms with E-state index in [0.29, 0.717) is 29.7 Å². The van der Waals surface area contributed by atoms with Crippen LogP contribution in [-0.4, -0.2) is 45.3 Å². The highest BCUT2D eigenvalue weighted by Crippen LogP contribution is 2.28. The highest BCUT2D eigenvalue weighted by atomic mass is 35.5. The maximum atomic E-state index is 14.5. The average molecular weight is 460 g/mol. The molecule has 1 saturated heterocycles. The SMILES string of the molecule is CC(C)(C)OC(=O)N1CCC[C@@H](Oc2nc3ccccc3n2Cc2c(F)cccc2Cl)C1. The Labute approximate surface area is 191 Å². The zero-order chi connectivity index (χ0) is 22.9. The van der Waals surface area contributed by atoms with Crippen LogP contribution >= 0.6 is 11.6 Å². The number of likely N-dealkylation sites (tertiary alicyclic amines) is 1. The number of halogens is 2. The molecule has 6 nitrogen and oxygen atoms in total.